The number of hydrogen-bond donors (Lipinski definition) is 2. The molecule has 144 valence electrons. The summed E-state index contributed by atoms with van der Waals surface area (Å²) in [4.78, 5) is 23.5. The van der Waals surface area contributed by atoms with Crippen molar-refractivity contribution in [1.82, 2.24) is 14.9 Å². The molecule has 0 aliphatic carbocycles. The second-order valence-corrected chi connectivity index (χ2v) is 7.63. The second kappa shape index (κ2) is 9.06. The van der Waals surface area contributed by atoms with E-state index in [0.29, 0.717) is 6.54 Å². The van der Waals surface area contributed by atoms with Crippen LogP contribution in [0.4, 0.5) is 4.39 Å². The first-order valence-electron chi connectivity index (χ1n) is 8.28. The summed E-state index contributed by atoms with van der Waals surface area (Å²) in [6.45, 7) is 2.97. The predicted molar refractivity (Wildman–Crippen MR) is 91.6 cm³/mol. The Morgan fingerprint density at radius 2 is 1.92 bits per heavy atom. The SMILES string of the molecule is CCCNC(=O)CNC(=O)c1cc(S(=O)(=O)N2CCOCC2)ccc1F. The van der Waals surface area contributed by atoms with Gasteiger partial charge < -0.3 is 15.4 Å². The molecule has 2 N–H and O–H groups in total. The van der Waals surface area contributed by atoms with Crippen LogP contribution in [0, 0.1) is 5.82 Å². The highest BCUT2D eigenvalue weighted by Crippen LogP contribution is 2.20. The Bertz CT molecular complexity index is 763. The van der Waals surface area contributed by atoms with Crippen molar-refractivity contribution < 1.29 is 27.1 Å². The van der Waals surface area contributed by atoms with Gasteiger partial charge in [-0.15, -0.1) is 0 Å². The number of ether oxygens (including phenoxy) is 1. The Morgan fingerprint density at radius 1 is 1.23 bits per heavy atom. The molecule has 0 unspecified atom stereocenters. The molecule has 0 bridgehead atoms. The van der Waals surface area contributed by atoms with Crippen molar-refractivity contribution in [3.63, 3.8) is 0 Å². The van der Waals surface area contributed by atoms with Crippen LogP contribution < -0.4 is 10.6 Å². The molecular weight excluding hydrogens is 365 g/mol. The van der Waals surface area contributed by atoms with Gasteiger partial charge in [0.2, 0.25) is 15.9 Å². The first kappa shape index (κ1) is 20.3. The molecule has 0 spiro atoms. The first-order valence-corrected chi connectivity index (χ1v) is 9.72. The third-order valence-corrected chi connectivity index (χ3v) is 5.67. The molecule has 1 aromatic rings. The molecule has 0 aromatic heterocycles. The van der Waals surface area contributed by atoms with Crippen LogP contribution in [-0.4, -0.2) is 63.9 Å². The van der Waals surface area contributed by atoms with E-state index in [-0.39, 0.29) is 37.7 Å². The van der Waals surface area contributed by atoms with Gasteiger partial charge in [-0.3, -0.25) is 9.59 Å². The van der Waals surface area contributed by atoms with E-state index < -0.39 is 33.2 Å². The largest absolute Gasteiger partial charge is 0.379 e. The Hall–Kier alpha value is -2.04. The summed E-state index contributed by atoms with van der Waals surface area (Å²) < 4.78 is 45.6. The van der Waals surface area contributed by atoms with Gasteiger partial charge in [-0.2, -0.15) is 4.31 Å². The van der Waals surface area contributed by atoms with E-state index in [2.05, 4.69) is 10.6 Å². The highest BCUT2D eigenvalue weighted by molar-refractivity contribution is 7.89. The van der Waals surface area contributed by atoms with Crippen LogP contribution in [0.15, 0.2) is 23.1 Å². The van der Waals surface area contributed by atoms with Crippen LogP contribution in [0.1, 0.15) is 23.7 Å². The first-order chi connectivity index (χ1) is 12.4. The summed E-state index contributed by atoms with van der Waals surface area (Å²) in [5, 5.41) is 4.86. The van der Waals surface area contributed by atoms with Crippen molar-refractivity contribution in [3.05, 3.63) is 29.6 Å². The lowest BCUT2D eigenvalue weighted by Crippen LogP contribution is -2.40. The summed E-state index contributed by atoms with van der Waals surface area (Å²) >= 11 is 0. The van der Waals surface area contributed by atoms with Crippen molar-refractivity contribution in [1.29, 1.82) is 0 Å². The number of hydrogen-bond acceptors (Lipinski definition) is 5. The van der Waals surface area contributed by atoms with Crippen LogP contribution in [0.25, 0.3) is 0 Å². The van der Waals surface area contributed by atoms with Gasteiger partial charge in [0, 0.05) is 19.6 Å². The molecule has 1 aliphatic heterocycles. The molecule has 1 aliphatic rings. The number of benzene rings is 1. The van der Waals surface area contributed by atoms with Crippen molar-refractivity contribution in [2.45, 2.75) is 18.2 Å². The topological polar surface area (TPSA) is 105 Å². The maximum absolute atomic E-state index is 14.0. The Kier molecular flexibility index (Phi) is 7.06. The Balaban J connectivity index is 2.13. The normalized spacial score (nSPS) is 15.5. The van der Waals surface area contributed by atoms with Gasteiger partial charge in [-0.1, -0.05) is 6.92 Å². The van der Waals surface area contributed by atoms with E-state index in [0.717, 1.165) is 24.6 Å². The highest BCUT2D eigenvalue weighted by atomic mass is 32.2. The minimum Gasteiger partial charge on any atom is -0.379 e. The number of amides is 2. The maximum atomic E-state index is 14.0. The Morgan fingerprint density at radius 3 is 2.58 bits per heavy atom. The van der Waals surface area contributed by atoms with Crippen LogP contribution >= 0.6 is 0 Å². The second-order valence-electron chi connectivity index (χ2n) is 5.69. The number of sulfonamides is 1. The summed E-state index contributed by atoms with van der Waals surface area (Å²) in [5.74, 6) is -2.12. The minimum atomic E-state index is -3.85. The third kappa shape index (κ3) is 4.99. The van der Waals surface area contributed by atoms with Gasteiger partial charge in [0.15, 0.2) is 0 Å². The zero-order valence-corrected chi connectivity index (χ0v) is 15.3. The van der Waals surface area contributed by atoms with Gasteiger partial charge in [-0.05, 0) is 24.6 Å². The lowest BCUT2D eigenvalue weighted by molar-refractivity contribution is -0.120. The minimum absolute atomic E-state index is 0.179. The average Bonchev–Trinajstić information content (AvgIpc) is 2.65. The molecule has 1 aromatic carbocycles. The monoisotopic (exact) mass is 387 g/mol. The van der Waals surface area contributed by atoms with E-state index >= 15 is 0 Å². The summed E-state index contributed by atoms with van der Waals surface area (Å²) in [6, 6.07) is 3.03. The van der Waals surface area contributed by atoms with Crippen LogP contribution in [0.2, 0.25) is 0 Å². The molecule has 1 fully saturated rings. The average molecular weight is 387 g/mol. The smallest absolute Gasteiger partial charge is 0.254 e. The predicted octanol–water partition coefficient (Wildman–Crippen LogP) is 0.103. The summed E-state index contributed by atoms with van der Waals surface area (Å²) in [7, 11) is -3.85. The number of nitrogens with one attached hydrogen (secondary N) is 2. The fourth-order valence-corrected chi connectivity index (χ4v) is 3.79. The number of nitrogens with zero attached hydrogens (tertiary/aromatic N) is 1. The summed E-state index contributed by atoms with van der Waals surface area (Å²) in [6.07, 6.45) is 0.746. The third-order valence-electron chi connectivity index (χ3n) is 3.77. The highest BCUT2D eigenvalue weighted by Gasteiger charge is 2.27. The molecule has 0 saturated carbocycles. The molecular formula is C16H22FN3O5S. The molecule has 2 rings (SSSR count). The molecule has 0 atom stereocenters. The maximum Gasteiger partial charge on any atom is 0.254 e. The molecule has 1 heterocycles. The quantitative estimate of drug-likeness (QED) is 0.691. The standard InChI is InChI=1S/C16H22FN3O5S/c1-2-5-18-15(21)11-19-16(22)13-10-12(3-4-14(13)17)26(23,24)20-6-8-25-9-7-20/h3-4,10H,2,5-9,11H2,1H3,(H,18,21)(H,19,22). The fourth-order valence-electron chi connectivity index (χ4n) is 2.36. The van der Waals surface area contributed by atoms with E-state index in [1.165, 1.54) is 4.31 Å². The van der Waals surface area contributed by atoms with Gasteiger partial charge in [-0.25, -0.2) is 12.8 Å². The molecule has 0 radical (unpaired) electrons. The number of rotatable bonds is 7. The van der Waals surface area contributed by atoms with E-state index in [4.69, 9.17) is 4.74 Å². The van der Waals surface area contributed by atoms with Crippen LogP contribution in [0.5, 0.6) is 0 Å². The number of carbonyl (C=O) groups excluding carboxylic acids is 2. The van der Waals surface area contributed by atoms with Crippen molar-refractivity contribution in [2.75, 3.05) is 39.4 Å². The van der Waals surface area contributed by atoms with Gasteiger partial charge in [0.05, 0.1) is 30.2 Å². The van der Waals surface area contributed by atoms with Crippen molar-refractivity contribution >= 4 is 21.8 Å². The number of morpholine rings is 1. The molecule has 10 heteroatoms. The lowest BCUT2D eigenvalue weighted by Gasteiger charge is -2.26. The zero-order valence-electron chi connectivity index (χ0n) is 14.5. The van der Waals surface area contributed by atoms with E-state index in [1.807, 2.05) is 6.92 Å². The number of halogens is 1. The fraction of sp³-hybridized carbons (Fsp3) is 0.500. The Labute approximate surface area is 151 Å². The number of carbonyl (C=O) groups is 2. The summed E-state index contributed by atoms with van der Waals surface area (Å²) in [5.41, 5.74) is -0.428. The van der Waals surface area contributed by atoms with Crippen molar-refractivity contribution in [3.8, 4) is 0 Å². The van der Waals surface area contributed by atoms with E-state index in [9.17, 15) is 22.4 Å². The zero-order chi connectivity index (χ0) is 19.2. The van der Waals surface area contributed by atoms with Gasteiger partial charge in [0.25, 0.3) is 5.91 Å². The molecule has 1 saturated heterocycles. The molecule has 2 amide bonds. The van der Waals surface area contributed by atoms with Crippen molar-refractivity contribution in [2.24, 2.45) is 0 Å². The van der Waals surface area contributed by atoms with Gasteiger partial charge >= 0.3 is 0 Å². The van der Waals surface area contributed by atoms with Crippen LogP contribution in [-0.2, 0) is 19.6 Å². The molecule has 8 nitrogen and oxygen atoms in total. The lowest BCUT2D eigenvalue weighted by atomic mass is 10.2. The van der Waals surface area contributed by atoms with Gasteiger partial charge in [0.1, 0.15) is 5.82 Å². The molecule has 26 heavy (non-hydrogen) atoms. The van der Waals surface area contributed by atoms with E-state index in [1.54, 1.807) is 0 Å². The van der Waals surface area contributed by atoms with Crippen LogP contribution in [0.3, 0.4) is 0 Å².